The number of nitrogens with one attached hydrogen (secondary N) is 1. The summed E-state index contributed by atoms with van der Waals surface area (Å²) in [6, 6.07) is 11.1. The van der Waals surface area contributed by atoms with Crippen molar-refractivity contribution in [3.8, 4) is 11.1 Å². The normalized spacial score (nSPS) is 13.3. The summed E-state index contributed by atoms with van der Waals surface area (Å²) in [5.41, 5.74) is 9.92. The molecule has 0 spiro atoms. The number of anilines is 1. The number of amides is 1. The maximum absolute atomic E-state index is 11.6. The van der Waals surface area contributed by atoms with Gasteiger partial charge in [-0.3, -0.25) is 4.79 Å². The van der Waals surface area contributed by atoms with Crippen molar-refractivity contribution >= 4 is 23.2 Å². The van der Waals surface area contributed by atoms with Crippen molar-refractivity contribution in [1.82, 2.24) is 5.32 Å². The highest BCUT2D eigenvalue weighted by atomic mass is 35.5. The number of nitrogen functional groups attached to an aromatic ring is 1. The van der Waals surface area contributed by atoms with Gasteiger partial charge in [-0.15, -0.1) is 0 Å². The third-order valence-electron chi connectivity index (χ3n) is 3.13. The summed E-state index contributed by atoms with van der Waals surface area (Å²) >= 11 is 6.22. The number of rotatable bonds is 1. The molecule has 0 radical (unpaired) electrons. The van der Waals surface area contributed by atoms with Crippen LogP contribution >= 0.6 is 11.6 Å². The van der Waals surface area contributed by atoms with Gasteiger partial charge < -0.3 is 11.1 Å². The first-order valence-corrected chi connectivity index (χ1v) is 6.00. The highest BCUT2D eigenvalue weighted by Crippen LogP contribution is 2.34. The molecular weight excluding hydrogens is 248 g/mol. The van der Waals surface area contributed by atoms with Crippen LogP contribution in [0.4, 0.5) is 5.69 Å². The van der Waals surface area contributed by atoms with Crippen LogP contribution < -0.4 is 11.1 Å². The first kappa shape index (κ1) is 11.1. The lowest BCUT2D eigenvalue weighted by Gasteiger charge is -2.09. The molecule has 1 amide bonds. The Hall–Kier alpha value is -2.00. The van der Waals surface area contributed by atoms with Crippen LogP contribution in [-0.2, 0) is 6.54 Å². The van der Waals surface area contributed by atoms with Crippen LogP contribution in [0.1, 0.15) is 15.9 Å². The smallest absolute Gasteiger partial charge is 0.251 e. The van der Waals surface area contributed by atoms with Gasteiger partial charge in [0, 0.05) is 23.4 Å². The second-order valence-electron chi connectivity index (χ2n) is 4.25. The molecule has 2 aromatic carbocycles. The van der Waals surface area contributed by atoms with Crippen molar-refractivity contribution in [2.24, 2.45) is 0 Å². The number of carbonyl (C=O) groups is 1. The first-order chi connectivity index (χ1) is 8.66. The van der Waals surface area contributed by atoms with Gasteiger partial charge in [-0.05, 0) is 29.3 Å². The molecule has 0 saturated carbocycles. The topological polar surface area (TPSA) is 55.1 Å². The molecule has 0 aliphatic carbocycles. The molecule has 0 fully saturated rings. The number of benzene rings is 2. The highest BCUT2D eigenvalue weighted by Gasteiger charge is 2.22. The maximum Gasteiger partial charge on any atom is 0.251 e. The minimum Gasteiger partial charge on any atom is -0.399 e. The third-order valence-corrected chi connectivity index (χ3v) is 3.44. The number of fused-ring (bicyclic) bond motifs is 1. The van der Waals surface area contributed by atoms with Gasteiger partial charge >= 0.3 is 0 Å². The quantitative estimate of drug-likeness (QED) is 0.773. The van der Waals surface area contributed by atoms with Gasteiger partial charge in [0.1, 0.15) is 0 Å². The Bertz CT molecular complexity index is 652. The van der Waals surface area contributed by atoms with E-state index in [0.29, 0.717) is 17.3 Å². The van der Waals surface area contributed by atoms with Crippen LogP contribution in [0.15, 0.2) is 36.4 Å². The summed E-state index contributed by atoms with van der Waals surface area (Å²) in [6.45, 7) is 0.547. The number of halogens is 1. The summed E-state index contributed by atoms with van der Waals surface area (Å²) in [5, 5.41) is 3.42. The molecule has 0 atom stereocenters. The molecule has 1 aliphatic heterocycles. The van der Waals surface area contributed by atoms with E-state index in [1.165, 1.54) is 0 Å². The molecular formula is C14H11ClN2O. The molecule has 0 saturated heterocycles. The Kier molecular flexibility index (Phi) is 2.49. The molecule has 0 aromatic heterocycles. The van der Waals surface area contributed by atoms with E-state index in [1.54, 1.807) is 6.07 Å². The van der Waals surface area contributed by atoms with Crippen LogP contribution in [0.5, 0.6) is 0 Å². The number of hydrogen-bond donors (Lipinski definition) is 2. The van der Waals surface area contributed by atoms with Gasteiger partial charge in [0.05, 0.1) is 5.02 Å². The van der Waals surface area contributed by atoms with Crippen molar-refractivity contribution in [2.45, 2.75) is 6.54 Å². The molecule has 4 heteroatoms. The maximum atomic E-state index is 11.6. The molecule has 3 rings (SSSR count). The summed E-state index contributed by atoms with van der Waals surface area (Å²) in [6.07, 6.45) is 0. The van der Waals surface area contributed by atoms with E-state index < -0.39 is 0 Å². The Morgan fingerprint density at radius 1 is 1.11 bits per heavy atom. The molecule has 2 aromatic rings. The number of carbonyl (C=O) groups excluding carboxylic acids is 1. The SMILES string of the molecule is Nc1ccc(-c2cccc3c2CNC3=O)c(Cl)c1. The molecule has 0 bridgehead atoms. The fourth-order valence-corrected chi connectivity index (χ4v) is 2.55. The minimum atomic E-state index is -0.0292. The largest absolute Gasteiger partial charge is 0.399 e. The number of nitrogens with two attached hydrogens (primary N) is 1. The van der Waals surface area contributed by atoms with Crippen LogP contribution in [0.3, 0.4) is 0 Å². The standard InChI is InChI=1S/C14H11ClN2O/c15-13-6-8(16)4-5-10(13)9-2-1-3-11-12(9)7-17-14(11)18/h1-6H,7,16H2,(H,17,18). The van der Waals surface area contributed by atoms with E-state index >= 15 is 0 Å². The van der Waals surface area contributed by atoms with Gasteiger partial charge in [0.2, 0.25) is 0 Å². The summed E-state index contributed by atoms with van der Waals surface area (Å²) in [5.74, 6) is -0.0292. The van der Waals surface area contributed by atoms with Crippen molar-refractivity contribution < 1.29 is 4.79 Å². The predicted molar refractivity (Wildman–Crippen MR) is 72.5 cm³/mol. The molecule has 3 N–H and O–H groups in total. The average Bonchev–Trinajstić information content (AvgIpc) is 2.72. The van der Waals surface area contributed by atoms with Crippen LogP contribution in [-0.4, -0.2) is 5.91 Å². The predicted octanol–water partition coefficient (Wildman–Crippen LogP) is 2.83. The fourth-order valence-electron chi connectivity index (χ4n) is 2.26. The zero-order valence-electron chi connectivity index (χ0n) is 9.53. The second-order valence-corrected chi connectivity index (χ2v) is 4.66. The molecule has 1 aliphatic rings. The lowest BCUT2D eigenvalue weighted by atomic mass is 9.97. The summed E-state index contributed by atoms with van der Waals surface area (Å²) in [4.78, 5) is 11.6. The van der Waals surface area contributed by atoms with E-state index in [0.717, 1.165) is 22.3 Å². The van der Waals surface area contributed by atoms with Crippen molar-refractivity contribution in [3.63, 3.8) is 0 Å². The first-order valence-electron chi connectivity index (χ1n) is 5.62. The highest BCUT2D eigenvalue weighted by molar-refractivity contribution is 6.33. The van der Waals surface area contributed by atoms with Crippen LogP contribution in [0, 0.1) is 0 Å². The minimum absolute atomic E-state index is 0.0292. The van der Waals surface area contributed by atoms with Gasteiger partial charge in [0.25, 0.3) is 5.91 Å². The van der Waals surface area contributed by atoms with Crippen molar-refractivity contribution in [1.29, 1.82) is 0 Å². The van der Waals surface area contributed by atoms with Gasteiger partial charge in [-0.2, -0.15) is 0 Å². The average molecular weight is 259 g/mol. The zero-order chi connectivity index (χ0) is 12.7. The number of hydrogen-bond acceptors (Lipinski definition) is 2. The molecule has 1 heterocycles. The molecule has 3 nitrogen and oxygen atoms in total. The van der Waals surface area contributed by atoms with Crippen LogP contribution in [0.2, 0.25) is 5.02 Å². The molecule has 90 valence electrons. The van der Waals surface area contributed by atoms with Gasteiger partial charge in [0.15, 0.2) is 0 Å². The Balaban J connectivity index is 2.22. The molecule has 18 heavy (non-hydrogen) atoms. The second kappa shape index (κ2) is 4.03. The van der Waals surface area contributed by atoms with E-state index in [2.05, 4.69) is 5.32 Å². The van der Waals surface area contributed by atoms with Crippen molar-refractivity contribution in [2.75, 3.05) is 5.73 Å². The Morgan fingerprint density at radius 2 is 1.89 bits per heavy atom. The van der Waals surface area contributed by atoms with Crippen molar-refractivity contribution in [3.05, 3.63) is 52.5 Å². The zero-order valence-corrected chi connectivity index (χ0v) is 10.3. The third kappa shape index (κ3) is 1.64. The monoisotopic (exact) mass is 258 g/mol. The summed E-state index contributed by atoms with van der Waals surface area (Å²) in [7, 11) is 0. The van der Waals surface area contributed by atoms with Gasteiger partial charge in [-0.25, -0.2) is 0 Å². The lowest BCUT2D eigenvalue weighted by Crippen LogP contribution is -2.12. The Labute approximate surface area is 110 Å². The fraction of sp³-hybridized carbons (Fsp3) is 0.0714. The van der Waals surface area contributed by atoms with E-state index in [1.807, 2.05) is 30.3 Å². The van der Waals surface area contributed by atoms with Crippen LogP contribution in [0.25, 0.3) is 11.1 Å². The Morgan fingerprint density at radius 3 is 2.67 bits per heavy atom. The lowest BCUT2D eigenvalue weighted by molar-refractivity contribution is 0.0966. The van der Waals surface area contributed by atoms with Gasteiger partial charge in [-0.1, -0.05) is 29.8 Å². The van der Waals surface area contributed by atoms with E-state index in [9.17, 15) is 4.79 Å². The molecule has 0 unspecified atom stereocenters. The summed E-state index contributed by atoms with van der Waals surface area (Å²) < 4.78 is 0. The van der Waals surface area contributed by atoms with E-state index in [-0.39, 0.29) is 5.91 Å². The van der Waals surface area contributed by atoms with E-state index in [4.69, 9.17) is 17.3 Å².